The molecule has 0 radical (unpaired) electrons. The molecular formula is C13H12O2. The maximum absolute atomic E-state index is 11.8. The van der Waals surface area contributed by atoms with Gasteiger partial charge in [0, 0.05) is 0 Å². The zero-order valence-corrected chi connectivity index (χ0v) is 8.78. The van der Waals surface area contributed by atoms with Crippen LogP contribution in [0.15, 0.2) is 41.5 Å². The molecule has 0 N–H and O–H groups in total. The van der Waals surface area contributed by atoms with Crippen molar-refractivity contribution in [3.05, 3.63) is 47.0 Å². The Bertz CT molecular complexity index is 431. The third-order valence-corrected chi connectivity index (χ3v) is 2.96. The van der Waals surface area contributed by atoms with Gasteiger partial charge in [0.2, 0.25) is 0 Å². The van der Waals surface area contributed by atoms with Crippen molar-refractivity contribution in [1.29, 1.82) is 0 Å². The lowest BCUT2D eigenvalue weighted by Crippen LogP contribution is -2.14. The predicted octanol–water partition coefficient (Wildman–Crippen LogP) is 2.26. The van der Waals surface area contributed by atoms with Crippen molar-refractivity contribution in [3.8, 4) is 0 Å². The normalized spacial score (nSPS) is 17.7. The molecule has 2 heteroatoms. The smallest absolute Gasteiger partial charge is 0.174 e. The summed E-state index contributed by atoms with van der Waals surface area (Å²) >= 11 is 0. The maximum atomic E-state index is 11.8. The average molecular weight is 200 g/mol. The fraction of sp³-hybridized carbons (Fsp3) is 0.231. The highest BCUT2D eigenvalue weighted by Gasteiger charge is 2.37. The number of hydrogen-bond acceptors (Lipinski definition) is 2. The van der Waals surface area contributed by atoms with Gasteiger partial charge in [-0.15, -0.1) is 0 Å². The molecule has 0 saturated carbocycles. The standard InChI is InChI=1S/C13H12O2/c1-8-9(2)13(15)11(12(8)14)10-6-4-3-5-7-10/h3-7,11H,1-2H3. The van der Waals surface area contributed by atoms with Gasteiger partial charge in [0.15, 0.2) is 11.6 Å². The first-order valence-electron chi connectivity index (χ1n) is 4.93. The van der Waals surface area contributed by atoms with Gasteiger partial charge in [-0.2, -0.15) is 0 Å². The summed E-state index contributed by atoms with van der Waals surface area (Å²) in [4.78, 5) is 23.7. The summed E-state index contributed by atoms with van der Waals surface area (Å²) in [6, 6.07) is 9.22. The predicted molar refractivity (Wildman–Crippen MR) is 57.6 cm³/mol. The summed E-state index contributed by atoms with van der Waals surface area (Å²) in [6.45, 7) is 3.44. The molecule has 0 aromatic heterocycles. The molecule has 0 amide bonds. The Hall–Kier alpha value is -1.70. The van der Waals surface area contributed by atoms with Crippen LogP contribution in [0.25, 0.3) is 0 Å². The highest BCUT2D eigenvalue weighted by atomic mass is 16.2. The average Bonchev–Trinajstić information content (AvgIpc) is 2.45. The fourth-order valence-corrected chi connectivity index (χ4v) is 1.87. The van der Waals surface area contributed by atoms with E-state index < -0.39 is 5.92 Å². The van der Waals surface area contributed by atoms with Crippen LogP contribution in [0.1, 0.15) is 25.3 Å². The molecule has 0 fully saturated rings. The summed E-state index contributed by atoms with van der Waals surface area (Å²) in [5, 5.41) is 0. The van der Waals surface area contributed by atoms with E-state index in [1.54, 1.807) is 13.8 Å². The third-order valence-electron chi connectivity index (χ3n) is 2.96. The van der Waals surface area contributed by atoms with Crippen LogP contribution in [-0.2, 0) is 9.59 Å². The van der Waals surface area contributed by atoms with Crippen LogP contribution in [0.3, 0.4) is 0 Å². The van der Waals surface area contributed by atoms with E-state index in [-0.39, 0.29) is 11.6 Å². The van der Waals surface area contributed by atoms with Gasteiger partial charge in [0.05, 0.1) is 0 Å². The van der Waals surface area contributed by atoms with Crippen molar-refractivity contribution in [2.24, 2.45) is 0 Å². The van der Waals surface area contributed by atoms with E-state index in [1.165, 1.54) is 0 Å². The number of allylic oxidation sites excluding steroid dienone is 2. The molecule has 0 bridgehead atoms. The van der Waals surface area contributed by atoms with Gasteiger partial charge in [-0.25, -0.2) is 0 Å². The lowest BCUT2D eigenvalue weighted by molar-refractivity contribution is -0.123. The molecule has 0 unspecified atom stereocenters. The van der Waals surface area contributed by atoms with Gasteiger partial charge in [0.25, 0.3) is 0 Å². The second-order valence-corrected chi connectivity index (χ2v) is 3.82. The monoisotopic (exact) mass is 200 g/mol. The van der Waals surface area contributed by atoms with Crippen molar-refractivity contribution >= 4 is 11.6 Å². The topological polar surface area (TPSA) is 34.1 Å². The third kappa shape index (κ3) is 1.42. The van der Waals surface area contributed by atoms with E-state index in [4.69, 9.17) is 0 Å². The quantitative estimate of drug-likeness (QED) is 0.651. The number of carbonyl (C=O) groups is 2. The maximum Gasteiger partial charge on any atom is 0.174 e. The Morgan fingerprint density at radius 2 is 1.33 bits per heavy atom. The van der Waals surface area contributed by atoms with Crippen molar-refractivity contribution in [1.82, 2.24) is 0 Å². The van der Waals surface area contributed by atoms with Crippen LogP contribution in [-0.4, -0.2) is 11.6 Å². The minimum absolute atomic E-state index is 0.0521. The fourth-order valence-electron chi connectivity index (χ4n) is 1.87. The van der Waals surface area contributed by atoms with Crippen LogP contribution in [0.5, 0.6) is 0 Å². The molecule has 0 saturated heterocycles. The molecule has 1 aliphatic rings. The van der Waals surface area contributed by atoms with Crippen LogP contribution >= 0.6 is 0 Å². The lowest BCUT2D eigenvalue weighted by Gasteiger charge is -2.07. The number of ketones is 2. The second-order valence-electron chi connectivity index (χ2n) is 3.82. The molecule has 15 heavy (non-hydrogen) atoms. The zero-order valence-electron chi connectivity index (χ0n) is 8.78. The molecular weight excluding hydrogens is 188 g/mol. The van der Waals surface area contributed by atoms with Crippen molar-refractivity contribution in [3.63, 3.8) is 0 Å². The van der Waals surface area contributed by atoms with Crippen molar-refractivity contribution in [2.75, 3.05) is 0 Å². The molecule has 0 atom stereocenters. The largest absolute Gasteiger partial charge is 0.293 e. The molecule has 0 spiro atoms. The van der Waals surface area contributed by atoms with Crippen LogP contribution in [0.4, 0.5) is 0 Å². The molecule has 76 valence electrons. The van der Waals surface area contributed by atoms with E-state index >= 15 is 0 Å². The lowest BCUT2D eigenvalue weighted by atomic mass is 9.93. The van der Waals surface area contributed by atoms with E-state index in [2.05, 4.69) is 0 Å². The molecule has 2 rings (SSSR count). The summed E-state index contributed by atoms with van der Waals surface area (Å²) in [5.74, 6) is -0.696. The van der Waals surface area contributed by atoms with Gasteiger partial charge in [-0.1, -0.05) is 30.3 Å². The minimum atomic E-state index is -0.591. The van der Waals surface area contributed by atoms with Crippen molar-refractivity contribution in [2.45, 2.75) is 19.8 Å². The Labute approximate surface area is 88.6 Å². The Morgan fingerprint density at radius 1 is 0.867 bits per heavy atom. The molecule has 0 aliphatic heterocycles. The first-order valence-corrected chi connectivity index (χ1v) is 4.93. The van der Waals surface area contributed by atoms with Crippen LogP contribution in [0.2, 0.25) is 0 Å². The van der Waals surface area contributed by atoms with Gasteiger partial charge in [-0.3, -0.25) is 9.59 Å². The highest BCUT2D eigenvalue weighted by molar-refractivity contribution is 6.27. The zero-order chi connectivity index (χ0) is 11.0. The first-order chi connectivity index (χ1) is 7.13. The number of benzene rings is 1. The number of rotatable bonds is 1. The molecule has 1 aromatic rings. The number of carbonyl (C=O) groups excluding carboxylic acids is 2. The molecule has 1 aromatic carbocycles. The first kappa shape index (κ1) is 9.84. The summed E-state index contributed by atoms with van der Waals surface area (Å²) in [7, 11) is 0. The minimum Gasteiger partial charge on any atom is -0.293 e. The molecule has 2 nitrogen and oxygen atoms in total. The van der Waals surface area contributed by atoms with E-state index in [0.29, 0.717) is 11.1 Å². The molecule has 1 aliphatic carbocycles. The van der Waals surface area contributed by atoms with Gasteiger partial charge in [-0.05, 0) is 30.6 Å². The van der Waals surface area contributed by atoms with Crippen LogP contribution in [0, 0.1) is 0 Å². The number of hydrogen-bond donors (Lipinski definition) is 0. The van der Waals surface area contributed by atoms with Gasteiger partial charge < -0.3 is 0 Å². The Balaban J connectivity index is 2.44. The van der Waals surface area contributed by atoms with E-state index in [0.717, 1.165) is 5.56 Å². The SMILES string of the molecule is CC1=C(C)C(=O)C(c2ccccc2)C1=O. The Kier molecular flexibility index (Phi) is 2.27. The summed E-state index contributed by atoms with van der Waals surface area (Å²) in [6.07, 6.45) is 0. The van der Waals surface area contributed by atoms with Crippen LogP contribution < -0.4 is 0 Å². The van der Waals surface area contributed by atoms with Crippen molar-refractivity contribution < 1.29 is 9.59 Å². The number of Topliss-reactive ketones (excluding diaryl/α,β-unsaturated/α-hetero) is 2. The van der Waals surface area contributed by atoms with E-state index in [1.807, 2.05) is 30.3 Å². The second kappa shape index (κ2) is 3.46. The summed E-state index contributed by atoms with van der Waals surface area (Å²) < 4.78 is 0. The molecule has 0 heterocycles. The highest BCUT2D eigenvalue weighted by Crippen LogP contribution is 2.31. The van der Waals surface area contributed by atoms with Gasteiger partial charge >= 0.3 is 0 Å². The van der Waals surface area contributed by atoms with Gasteiger partial charge in [0.1, 0.15) is 5.92 Å². The Morgan fingerprint density at radius 3 is 1.80 bits per heavy atom. The van der Waals surface area contributed by atoms with E-state index in [9.17, 15) is 9.59 Å². The summed E-state index contributed by atoms with van der Waals surface area (Å²) in [5.41, 5.74) is 2.01.